The van der Waals surface area contributed by atoms with Gasteiger partial charge in [0.15, 0.2) is 0 Å². The molecule has 0 spiro atoms. The van der Waals surface area contributed by atoms with Crippen LogP contribution in [0.15, 0.2) is 24.3 Å². The van der Waals surface area contributed by atoms with Gasteiger partial charge >= 0.3 is 5.97 Å². The second-order valence-electron chi connectivity index (χ2n) is 4.82. The fourth-order valence-corrected chi connectivity index (χ4v) is 2.25. The minimum absolute atomic E-state index is 0.210. The van der Waals surface area contributed by atoms with E-state index in [2.05, 4.69) is 4.90 Å². The monoisotopic (exact) mass is 263 g/mol. The van der Waals surface area contributed by atoms with Crippen molar-refractivity contribution in [2.45, 2.75) is 31.8 Å². The van der Waals surface area contributed by atoms with Crippen LogP contribution in [0.25, 0.3) is 0 Å². The number of nitrogens with zero attached hydrogens (tertiary/aromatic N) is 1. The van der Waals surface area contributed by atoms with Gasteiger partial charge in [-0.2, -0.15) is 0 Å². The van der Waals surface area contributed by atoms with Crippen LogP contribution < -0.4 is 4.74 Å². The van der Waals surface area contributed by atoms with E-state index in [1.807, 2.05) is 38.2 Å². The summed E-state index contributed by atoms with van der Waals surface area (Å²) >= 11 is 0. The number of likely N-dealkylation sites (N-methyl/N-ethyl adjacent to an activating group) is 1. The maximum absolute atomic E-state index is 12.0. The summed E-state index contributed by atoms with van der Waals surface area (Å²) in [4.78, 5) is 14.1. The van der Waals surface area contributed by atoms with Crippen molar-refractivity contribution in [3.63, 3.8) is 0 Å². The van der Waals surface area contributed by atoms with Gasteiger partial charge in [0, 0.05) is 6.04 Å². The van der Waals surface area contributed by atoms with Crippen LogP contribution >= 0.6 is 0 Å². The molecule has 1 aliphatic carbocycles. The van der Waals surface area contributed by atoms with Crippen molar-refractivity contribution in [1.29, 1.82) is 0 Å². The highest BCUT2D eigenvalue weighted by Gasteiger charge is 2.36. The Morgan fingerprint density at radius 1 is 1.37 bits per heavy atom. The Morgan fingerprint density at radius 3 is 2.47 bits per heavy atom. The number of carbonyl (C=O) groups excluding carboxylic acids is 1. The average molecular weight is 263 g/mol. The molecule has 4 nitrogen and oxygen atoms in total. The highest BCUT2D eigenvalue weighted by molar-refractivity contribution is 5.77. The van der Waals surface area contributed by atoms with Gasteiger partial charge in [-0.25, -0.2) is 4.79 Å². The van der Waals surface area contributed by atoms with Crippen LogP contribution in [0.3, 0.4) is 0 Å². The van der Waals surface area contributed by atoms with Crippen molar-refractivity contribution in [2.24, 2.45) is 0 Å². The van der Waals surface area contributed by atoms with Crippen LogP contribution in [-0.4, -0.2) is 37.7 Å². The van der Waals surface area contributed by atoms with E-state index < -0.39 is 0 Å². The van der Waals surface area contributed by atoms with Crippen molar-refractivity contribution in [2.75, 3.05) is 20.8 Å². The summed E-state index contributed by atoms with van der Waals surface area (Å²) in [6.07, 6.45) is 2.31. The Kier molecular flexibility index (Phi) is 4.43. The summed E-state index contributed by atoms with van der Waals surface area (Å²) in [7, 11) is 3.42. The van der Waals surface area contributed by atoms with Crippen LogP contribution in [0.2, 0.25) is 0 Å². The normalized spacial score (nSPS) is 16.2. The molecule has 1 aromatic carbocycles. The smallest absolute Gasteiger partial charge is 0.327 e. The molecule has 19 heavy (non-hydrogen) atoms. The van der Waals surface area contributed by atoms with E-state index in [9.17, 15) is 4.79 Å². The van der Waals surface area contributed by atoms with E-state index in [0.29, 0.717) is 12.6 Å². The number of carbonyl (C=O) groups is 1. The van der Waals surface area contributed by atoms with Crippen molar-refractivity contribution in [3.8, 4) is 5.75 Å². The third kappa shape index (κ3) is 3.26. The fourth-order valence-electron chi connectivity index (χ4n) is 2.25. The molecule has 2 rings (SSSR count). The van der Waals surface area contributed by atoms with Gasteiger partial charge in [-0.05, 0) is 44.5 Å². The summed E-state index contributed by atoms with van der Waals surface area (Å²) in [5.74, 6) is 0.613. The molecule has 1 unspecified atom stereocenters. The third-order valence-electron chi connectivity index (χ3n) is 3.46. The molecule has 1 atom stereocenters. The van der Waals surface area contributed by atoms with Crippen molar-refractivity contribution >= 4 is 5.97 Å². The van der Waals surface area contributed by atoms with E-state index in [4.69, 9.17) is 9.47 Å². The van der Waals surface area contributed by atoms with Crippen LogP contribution in [0, 0.1) is 0 Å². The first-order valence-electron chi connectivity index (χ1n) is 6.70. The maximum Gasteiger partial charge on any atom is 0.327 e. The van der Waals surface area contributed by atoms with Crippen LogP contribution in [0.5, 0.6) is 5.75 Å². The number of ether oxygens (including phenoxy) is 2. The number of hydrogen-bond donors (Lipinski definition) is 0. The summed E-state index contributed by atoms with van der Waals surface area (Å²) < 4.78 is 10.3. The molecule has 4 heteroatoms. The molecule has 0 bridgehead atoms. The lowest BCUT2D eigenvalue weighted by atomic mass is 10.1. The summed E-state index contributed by atoms with van der Waals surface area (Å²) in [5.41, 5.74) is 0.949. The Morgan fingerprint density at radius 2 is 2.00 bits per heavy atom. The van der Waals surface area contributed by atoms with Crippen molar-refractivity contribution in [3.05, 3.63) is 29.8 Å². The van der Waals surface area contributed by atoms with Gasteiger partial charge in [0.25, 0.3) is 0 Å². The van der Waals surface area contributed by atoms with E-state index in [1.54, 1.807) is 0 Å². The van der Waals surface area contributed by atoms with E-state index in [1.165, 1.54) is 7.11 Å². The zero-order valence-electron chi connectivity index (χ0n) is 11.8. The average Bonchev–Trinajstić information content (AvgIpc) is 3.25. The van der Waals surface area contributed by atoms with Crippen LogP contribution in [0.4, 0.5) is 0 Å². The SMILES string of the molecule is CCOc1ccc(C(C(=O)OC)N(C)C2CC2)cc1. The lowest BCUT2D eigenvalue weighted by Crippen LogP contribution is -2.33. The Balaban J connectivity index is 2.19. The predicted molar refractivity (Wildman–Crippen MR) is 73.2 cm³/mol. The fraction of sp³-hybridized carbons (Fsp3) is 0.533. The highest BCUT2D eigenvalue weighted by atomic mass is 16.5. The molecule has 104 valence electrons. The molecular formula is C15H21NO3. The van der Waals surface area contributed by atoms with Gasteiger partial charge in [-0.15, -0.1) is 0 Å². The van der Waals surface area contributed by atoms with E-state index in [0.717, 1.165) is 24.2 Å². The Labute approximate surface area is 114 Å². The van der Waals surface area contributed by atoms with Crippen LogP contribution in [0.1, 0.15) is 31.4 Å². The predicted octanol–water partition coefficient (Wildman–Crippen LogP) is 2.39. The minimum Gasteiger partial charge on any atom is -0.494 e. The Hall–Kier alpha value is -1.55. The van der Waals surface area contributed by atoms with Crippen LogP contribution in [-0.2, 0) is 9.53 Å². The van der Waals surface area contributed by atoms with Gasteiger partial charge < -0.3 is 9.47 Å². The molecule has 1 saturated carbocycles. The number of benzene rings is 1. The molecule has 0 amide bonds. The van der Waals surface area contributed by atoms with Gasteiger partial charge in [0.05, 0.1) is 13.7 Å². The molecule has 1 fully saturated rings. The number of hydrogen-bond acceptors (Lipinski definition) is 4. The van der Waals surface area contributed by atoms with Gasteiger partial charge in [0.1, 0.15) is 11.8 Å². The van der Waals surface area contributed by atoms with Crippen molar-refractivity contribution < 1.29 is 14.3 Å². The first-order chi connectivity index (χ1) is 9.17. The standard InChI is InChI=1S/C15H21NO3/c1-4-19-13-9-5-11(6-10-13)14(15(17)18-3)16(2)12-7-8-12/h5-6,9-10,12,14H,4,7-8H2,1-3H3. The molecule has 0 aromatic heterocycles. The molecule has 0 aliphatic heterocycles. The largest absolute Gasteiger partial charge is 0.494 e. The highest BCUT2D eigenvalue weighted by Crippen LogP contribution is 2.34. The second-order valence-corrected chi connectivity index (χ2v) is 4.82. The molecular weight excluding hydrogens is 242 g/mol. The maximum atomic E-state index is 12.0. The molecule has 1 aliphatic rings. The molecule has 0 radical (unpaired) electrons. The summed E-state index contributed by atoms with van der Waals surface area (Å²) in [6, 6.07) is 7.84. The zero-order chi connectivity index (χ0) is 13.8. The summed E-state index contributed by atoms with van der Waals surface area (Å²) in [5, 5.41) is 0. The van der Waals surface area contributed by atoms with Gasteiger partial charge in [0.2, 0.25) is 0 Å². The minimum atomic E-state index is -0.326. The number of methoxy groups -OCH3 is 1. The van der Waals surface area contributed by atoms with Crippen molar-refractivity contribution in [1.82, 2.24) is 4.90 Å². The third-order valence-corrected chi connectivity index (χ3v) is 3.46. The lowest BCUT2D eigenvalue weighted by Gasteiger charge is -2.26. The molecule has 0 heterocycles. The second kappa shape index (κ2) is 6.06. The van der Waals surface area contributed by atoms with E-state index in [-0.39, 0.29) is 12.0 Å². The molecule has 0 saturated heterocycles. The topological polar surface area (TPSA) is 38.8 Å². The molecule has 0 N–H and O–H groups in total. The number of esters is 1. The quantitative estimate of drug-likeness (QED) is 0.739. The first-order valence-corrected chi connectivity index (χ1v) is 6.70. The molecule has 1 aromatic rings. The summed E-state index contributed by atoms with van der Waals surface area (Å²) in [6.45, 7) is 2.59. The number of rotatable bonds is 6. The van der Waals surface area contributed by atoms with E-state index >= 15 is 0 Å². The van der Waals surface area contributed by atoms with Gasteiger partial charge in [-0.3, -0.25) is 4.90 Å². The van der Waals surface area contributed by atoms with Gasteiger partial charge in [-0.1, -0.05) is 12.1 Å². The Bertz CT molecular complexity index is 426. The first kappa shape index (κ1) is 13.9. The zero-order valence-corrected chi connectivity index (χ0v) is 11.8. The lowest BCUT2D eigenvalue weighted by molar-refractivity contribution is -0.147.